The van der Waals surface area contributed by atoms with Crippen molar-refractivity contribution in [2.75, 3.05) is 0 Å². The molecule has 0 radical (unpaired) electrons. The molecule has 3 aromatic heterocycles. The van der Waals surface area contributed by atoms with E-state index in [-0.39, 0.29) is 0 Å². The van der Waals surface area contributed by atoms with Crippen LogP contribution in [0.5, 0.6) is 0 Å². The zero-order chi connectivity index (χ0) is 19.7. The molecule has 1 N–H and O–H groups in total. The van der Waals surface area contributed by atoms with Gasteiger partial charge in [-0.2, -0.15) is 5.10 Å². The molecule has 0 spiro atoms. The highest BCUT2D eigenvalue weighted by Crippen LogP contribution is 2.25. The van der Waals surface area contributed by atoms with E-state index in [9.17, 15) is 0 Å². The lowest BCUT2D eigenvalue weighted by molar-refractivity contribution is 0.319. The predicted molar refractivity (Wildman–Crippen MR) is 110 cm³/mol. The fourth-order valence-corrected chi connectivity index (χ4v) is 3.09. The first kappa shape index (κ1) is 17.9. The van der Waals surface area contributed by atoms with Gasteiger partial charge in [0.1, 0.15) is 5.71 Å². The summed E-state index contributed by atoms with van der Waals surface area (Å²) in [5.41, 5.74) is 4.87. The zero-order valence-electron chi connectivity index (χ0n) is 16.0. The van der Waals surface area contributed by atoms with Gasteiger partial charge in [-0.25, -0.2) is 14.6 Å². The van der Waals surface area contributed by atoms with Crippen molar-refractivity contribution in [3.63, 3.8) is 0 Å². The molecule has 4 aromatic rings. The first-order valence-corrected chi connectivity index (χ1v) is 9.18. The van der Waals surface area contributed by atoms with Gasteiger partial charge >= 0.3 is 0 Å². The molecule has 28 heavy (non-hydrogen) atoms. The van der Waals surface area contributed by atoms with Crippen molar-refractivity contribution < 1.29 is 5.21 Å². The number of hydrogen-bond donors (Lipinski definition) is 1. The van der Waals surface area contributed by atoms with Crippen LogP contribution in [0.4, 0.5) is 0 Å². The average Bonchev–Trinajstić information content (AvgIpc) is 3.16. The lowest BCUT2D eigenvalue weighted by Crippen LogP contribution is -2.03. The largest absolute Gasteiger partial charge is 0.411 e. The minimum atomic E-state index is 0.348. The van der Waals surface area contributed by atoms with Gasteiger partial charge in [-0.3, -0.25) is 0 Å². The van der Waals surface area contributed by atoms with E-state index in [0.717, 1.165) is 33.7 Å². The third kappa shape index (κ3) is 3.24. The van der Waals surface area contributed by atoms with Crippen LogP contribution in [-0.4, -0.2) is 30.7 Å². The lowest BCUT2D eigenvalue weighted by atomic mass is 10.1. The van der Waals surface area contributed by atoms with Crippen LogP contribution in [0.2, 0.25) is 0 Å². The molecule has 0 atom stereocenters. The van der Waals surface area contributed by atoms with E-state index in [4.69, 9.17) is 10.2 Å². The Bertz CT molecular complexity index is 1180. The summed E-state index contributed by atoms with van der Waals surface area (Å²) in [5.74, 6) is 1.14. The van der Waals surface area contributed by atoms with Gasteiger partial charge in [0.25, 0.3) is 0 Å². The van der Waals surface area contributed by atoms with Crippen LogP contribution in [0.1, 0.15) is 38.1 Å². The van der Waals surface area contributed by atoms with Crippen molar-refractivity contribution >= 4 is 16.6 Å². The Labute approximate surface area is 163 Å². The molecule has 0 bridgehead atoms. The minimum Gasteiger partial charge on any atom is -0.411 e. The topological polar surface area (TPSA) is 76.2 Å². The van der Waals surface area contributed by atoms with E-state index < -0.39 is 0 Å². The van der Waals surface area contributed by atoms with Gasteiger partial charge in [0.15, 0.2) is 5.82 Å². The molecule has 0 amide bonds. The van der Waals surface area contributed by atoms with Crippen molar-refractivity contribution in [2.45, 2.75) is 26.7 Å². The molecule has 0 aliphatic rings. The summed E-state index contributed by atoms with van der Waals surface area (Å²) in [6.45, 7) is 5.97. The molecule has 0 saturated carbocycles. The van der Waals surface area contributed by atoms with E-state index >= 15 is 0 Å². The number of nitrogens with zero attached hydrogens (tertiary/aromatic N) is 5. The summed E-state index contributed by atoms with van der Waals surface area (Å²) >= 11 is 0. The van der Waals surface area contributed by atoms with E-state index in [2.05, 4.69) is 35.2 Å². The van der Waals surface area contributed by atoms with Crippen LogP contribution < -0.4 is 0 Å². The Morgan fingerprint density at radius 3 is 2.64 bits per heavy atom. The van der Waals surface area contributed by atoms with Crippen LogP contribution in [-0.2, 0) is 0 Å². The molecule has 1 aromatic carbocycles. The molecule has 0 saturated heterocycles. The van der Waals surface area contributed by atoms with Crippen molar-refractivity contribution in [3.05, 3.63) is 72.2 Å². The number of aromatic nitrogens is 4. The minimum absolute atomic E-state index is 0.348. The Morgan fingerprint density at radius 1 is 1.04 bits per heavy atom. The van der Waals surface area contributed by atoms with Gasteiger partial charge < -0.3 is 5.21 Å². The fourth-order valence-electron chi connectivity index (χ4n) is 3.09. The van der Waals surface area contributed by atoms with Crippen LogP contribution >= 0.6 is 0 Å². The smallest absolute Gasteiger partial charge is 0.154 e. The Morgan fingerprint density at radius 2 is 1.86 bits per heavy atom. The second-order valence-electron chi connectivity index (χ2n) is 7.00. The van der Waals surface area contributed by atoms with Crippen molar-refractivity contribution in [1.29, 1.82) is 0 Å². The lowest BCUT2D eigenvalue weighted by Gasteiger charge is -2.09. The SMILES string of the molecule is C/C(=N\O)c1cccc(-c2ccc3cnn(-c4cccc(C(C)C)n4)c3c2)n1. The normalized spacial score (nSPS) is 12.1. The molecule has 6 heteroatoms. The first-order valence-electron chi connectivity index (χ1n) is 9.18. The summed E-state index contributed by atoms with van der Waals surface area (Å²) in [5, 5.41) is 17.8. The summed E-state index contributed by atoms with van der Waals surface area (Å²) in [6.07, 6.45) is 1.84. The molecular weight excluding hydrogens is 350 g/mol. The second kappa shape index (κ2) is 7.23. The van der Waals surface area contributed by atoms with E-state index in [1.165, 1.54) is 0 Å². The standard InChI is InChI=1S/C22H21N5O/c1-14(2)18-6-5-9-22(25-18)27-21-12-16(10-11-17(21)13-23-27)20-8-4-7-19(24-20)15(3)26-28/h4-14,28H,1-3H3/b26-15+. The van der Waals surface area contributed by atoms with Gasteiger partial charge in [0.2, 0.25) is 0 Å². The maximum absolute atomic E-state index is 9.02. The number of hydrogen-bond acceptors (Lipinski definition) is 5. The molecule has 4 rings (SSSR count). The van der Waals surface area contributed by atoms with Crippen LogP contribution in [0.25, 0.3) is 28.0 Å². The average molecular weight is 371 g/mol. The summed E-state index contributed by atoms with van der Waals surface area (Å²) in [4.78, 5) is 9.37. The third-order valence-electron chi connectivity index (χ3n) is 4.70. The Balaban J connectivity index is 1.82. The first-order chi connectivity index (χ1) is 13.6. The number of oxime groups is 1. The maximum Gasteiger partial charge on any atom is 0.154 e. The molecule has 0 unspecified atom stereocenters. The summed E-state index contributed by atoms with van der Waals surface area (Å²) in [6, 6.07) is 17.8. The predicted octanol–water partition coefficient (Wildman–Crippen LogP) is 4.80. The molecule has 0 aliphatic carbocycles. The van der Waals surface area contributed by atoms with Gasteiger partial charge in [0.05, 0.1) is 23.1 Å². The Kier molecular flexibility index (Phi) is 4.61. The van der Waals surface area contributed by atoms with Gasteiger partial charge in [-0.1, -0.05) is 43.3 Å². The number of rotatable bonds is 4. The van der Waals surface area contributed by atoms with Crippen LogP contribution in [0, 0.1) is 0 Å². The monoisotopic (exact) mass is 371 g/mol. The fraction of sp³-hybridized carbons (Fsp3) is 0.182. The number of benzene rings is 1. The molecule has 0 aliphatic heterocycles. The number of fused-ring (bicyclic) bond motifs is 1. The van der Waals surface area contributed by atoms with E-state index in [1.54, 1.807) is 6.92 Å². The van der Waals surface area contributed by atoms with Gasteiger partial charge in [-0.15, -0.1) is 0 Å². The van der Waals surface area contributed by atoms with Crippen LogP contribution in [0.15, 0.2) is 65.9 Å². The highest BCUT2D eigenvalue weighted by molar-refractivity contribution is 5.97. The second-order valence-corrected chi connectivity index (χ2v) is 7.00. The van der Waals surface area contributed by atoms with Crippen molar-refractivity contribution in [2.24, 2.45) is 5.16 Å². The zero-order valence-corrected chi connectivity index (χ0v) is 16.0. The summed E-state index contributed by atoms with van der Waals surface area (Å²) in [7, 11) is 0. The van der Waals surface area contributed by atoms with Gasteiger partial charge in [-0.05, 0) is 43.2 Å². The molecule has 6 nitrogen and oxygen atoms in total. The molecule has 140 valence electrons. The Hall–Kier alpha value is -3.54. The number of pyridine rings is 2. The highest BCUT2D eigenvalue weighted by Gasteiger charge is 2.11. The van der Waals surface area contributed by atoms with Crippen LogP contribution in [0.3, 0.4) is 0 Å². The third-order valence-corrected chi connectivity index (χ3v) is 4.70. The molecule has 0 fully saturated rings. The molecule has 3 heterocycles. The maximum atomic E-state index is 9.02. The van der Waals surface area contributed by atoms with Gasteiger partial charge in [0, 0.05) is 16.6 Å². The van der Waals surface area contributed by atoms with E-state index in [0.29, 0.717) is 17.3 Å². The molecular formula is C22H21N5O. The summed E-state index contributed by atoms with van der Waals surface area (Å²) < 4.78 is 1.86. The highest BCUT2D eigenvalue weighted by atomic mass is 16.4. The van der Waals surface area contributed by atoms with Crippen molar-refractivity contribution in [1.82, 2.24) is 19.7 Å². The quantitative estimate of drug-likeness (QED) is 0.317. The van der Waals surface area contributed by atoms with Crippen molar-refractivity contribution in [3.8, 4) is 17.1 Å². The van der Waals surface area contributed by atoms with E-state index in [1.807, 2.05) is 59.4 Å².